The van der Waals surface area contributed by atoms with Crippen LogP contribution in [0.2, 0.25) is 0 Å². The number of carboxylic acid groups (broad SMARTS) is 1. The average molecular weight is 316 g/mol. The summed E-state index contributed by atoms with van der Waals surface area (Å²) < 4.78 is 0. The van der Waals surface area contributed by atoms with Gasteiger partial charge in [-0.05, 0) is 43.4 Å². The van der Waals surface area contributed by atoms with E-state index in [-0.39, 0.29) is 34.5 Å². The zero-order valence-corrected chi connectivity index (χ0v) is 14.7. The third-order valence-corrected chi connectivity index (χ3v) is 7.12. The molecule has 0 aromatic heterocycles. The van der Waals surface area contributed by atoms with E-state index in [1.54, 1.807) is 0 Å². The Balaban J connectivity index is 2.08. The molecule has 126 valence electrons. The molecule has 0 heterocycles. The SMILES string of the molecule is CC1=C[C@@]2(C=C1)CC[C@@H]1C(C)(C)C(=O)CC[C@@]1(C)[C@@H]2CC(=O)O. The lowest BCUT2D eigenvalue weighted by atomic mass is 9.42. The van der Waals surface area contributed by atoms with Crippen molar-refractivity contribution < 1.29 is 14.7 Å². The maximum atomic E-state index is 12.5. The van der Waals surface area contributed by atoms with Gasteiger partial charge in [0.15, 0.2) is 0 Å². The van der Waals surface area contributed by atoms with Crippen LogP contribution in [0.5, 0.6) is 0 Å². The van der Waals surface area contributed by atoms with Crippen LogP contribution in [-0.4, -0.2) is 16.9 Å². The average Bonchev–Trinajstić information content (AvgIpc) is 2.81. The van der Waals surface area contributed by atoms with E-state index in [0.717, 1.165) is 19.3 Å². The van der Waals surface area contributed by atoms with Crippen molar-refractivity contribution in [3.63, 3.8) is 0 Å². The van der Waals surface area contributed by atoms with Crippen LogP contribution in [0.25, 0.3) is 0 Å². The van der Waals surface area contributed by atoms with E-state index < -0.39 is 5.97 Å². The number of allylic oxidation sites excluding steroid dienone is 4. The van der Waals surface area contributed by atoms with E-state index in [1.165, 1.54) is 5.57 Å². The normalized spacial score (nSPS) is 41.7. The first-order chi connectivity index (χ1) is 10.6. The Hall–Kier alpha value is -1.38. The van der Waals surface area contributed by atoms with E-state index >= 15 is 0 Å². The Labute approximate surface area is 138 Å². The van der Waals surface area contributed by atoms with Crippen molar-refractivity contribution in [1.82, 2.24) is 0 Å². The molecule has 0 aromatic carbocycles. The van der Waals surface area contributed by atoms with Gasteiger partial charge in [0.05, 0.1) is 0 Å². The van der Waals surface area contributed by atoms with Crippen molar-refractivity contribution in [2.75, 3.05) is 0 Å². The zero-order chi connectivity index (χ0) is 17.0. The molecule has 0 aliphatic heterocycles. The fraction of sp³-hybridized carbons (Fsp3) is 0.700. The number of rotatable bonds is 2. The molecule has 1 spiro atoms. The first-order valence-corrected chi connectivity index (χ1v) is 8.76. The lowest BCUT2D eigenvalue weighted by Crippen LogP contribution is -2.57. The van der Waals surface area contributed by atoms with Gasteiger partial charge in [-0.25, -0.2) is 0 Å². The second kappa shape index (κ2) is 5.06. The van der Waals surface area contributed by atoms with E-state index in [2.05, 4.69) is 45.9 Å². The number of Topliss-reactive ketones (excluding diaryl/α,β-unsaturated/α-hetero) is 1. The van der Waals surface area contributed by atoms with E-state index in [1.807, 2.05) is 0 Å². The summed E-state index contributed by atoms with van der Waals surface area (Å²) in [7, 11) is 0. The molecule has 0 unspecified atom stereocenters. The molecule has 3 rings (SSSR count). The Bertz CT molecular complexity index is 612. The minimum Gasteiger partial charge on any atom is -0.481 e. The number of carbonyl (C=O) groups excluding carboxylic acids is 1. The molecule has 2 fully saturated rings. The predicted octanol–water partition coefficient (Wildman–Crippen LogP) is 4.39. The summed E-state index contributed by atoms with van der Waals surface area (Å²) in [5.74, 6) is -0.0442. The van der Waals surface area contributed by atoms with Crippen LogP contribution in [0.3, 0.4) is 0 Å². The zero-order valence-electron chi connectivity index (χ0n) is 14.7. The highest BCUT2D eigenvalue weighted by atomic mass is 16.4. The standard InChI is InChI=1S/C20H28O3/c1-13-5-9-20(12-13)10-6-14-18(2,3)16(21)7-8-19(14,4)15(20)11-17(22)23/h5,9,12,14-15H,6-8,10-11H2,1-4H3,(H,22,23)/t14-,15+,19-,20-/m1/s1. The van der Waals surface area contributed by atoms with Gasteiger partial charge in [-0.1, -0.05) is 44.6 Å². The number of ketones is 1. The van der Waals surface area contributed by atoms with Crippen molar-refractivity contribution in [2.45, 2.75) is 59.8 Å². The van der Waals surface area contributed by atoms with E-state index in [0.29, 0.717) is 12.2 Å². The first kappa shape index (κ1) is 16.5. The minimum atomic E-state index is -0.725. The van der Waals surface area contributed by atoms with E-state index in [9.17, 15) is 14.7 Å². The van der Waals surface area contributed by atoms with Gasteiger partial charge >= 0.3 is 5.97 Å². The quantitative estimate of drug-likeness (QED) is 0.822. The topological polar surface area (TPSA) is 54.4 Å². The molecule has 2 saturated carbocycles. The first-order valence-electron chi connectivity index (χ1n) is 8.76. The second-order valence-electron chi connectivity index (χ2n) is 8.73. The number of carboxylic acids is 1. The fourth-order valence-electron chi connectivity index (χ4n) is 5.96. The molecular formula is C20H28O3. The van der Waals surface area contributed by atoms with Crippen LogP contribution in [0, 0.1) is 28.1 Å². The molecule has 3 aliphatic carbocycles. The van der Waals surface area contributed by atoms with E-state index in [4.69, 9.17) is 0 Å². The number of fused-ring (bicyclic) bond motifs is 1. The Kier molecular flexibility index (Phi) is 3.62. The highest BCUT2D eigenvalue weighted by Crippen LogP contribution is 2.65. The minimum absolute atomic E-state index is 0.0623. The highest BCUT2D eigenvalue weighted by Gasteiger charge is 2.61. The maximum absolute atomic E-state index is 12.5. The fourth-order valence-corrected chi connectivity index (χ4v) is 5.96. The summed E-state index contributed by atoms with van der Waals surface area (Å²) in [4.78, 5) is 24.1. The van der Waals surface area contributed by atoms with Crippen molar-refractivity contribution in [2.24, 2.45) is 28.1 Å². The molecule has 4 atom stereocenters. The maximum Gasteiger partial charge on any atom is 0.303 e. The molecule has 0 radical (unpaired) electrons. The number of aliphatic carboxylic acids is 1. The third-order valence-electron chi connectivity index (χ3n) is 7.12. The van der Waals surface area contributed by atoms with Crippen LogP contribution in [0.15, 0.2) is 23.8 Å². The number of carbonyl (C=O) groups is 2. The Morgan fingerprint density at radius 1 is 1.30 bits per heavy atom. The molecule has 23 heavy (non-hydrogen) atoms. The van der Waals surface area contributed by atoms with Crippen LogP contribution >= 0.6 is 0 Å². The lowest BCUT2D eigenvalue weighted by molar-refractivity contribution is -0.159. The van der Waals surface area contributed by atoms with Gasteiger partial charge in [0.1, 0.15) is 5.78 Å². The van der Waals surface area contributed by atoms with Crippen LogP contribution < -0.4 is 0 Å². The number of hydrogen-bond donors (Lipinski definition) is 1. The van der Waals surface area contributed by atoms with Crippen LogP contribution in [0.4, 0.5) is 0 Å². The third kappa shape index (κ3) is 2.31. The summed E-state index contributed by atoms with van der Waals surface area (Å²) >= 11 is 0. The molecule has 1 N–H and O–H groups in total. The van der Waals surface area contributed by atoms with Gasteiger partial charge in [-0.2, -0.15) is 0 Å². The summed E-state index contributed by atoms with van der Waals surface area (Å²) in [5.41, 5.74) is 0.657. The summed E-state index contributed by atoms with van der Waals surface area (Å²) in [6.07, 6.45) is 10.2. The van der Waals surface area contributed by atoms with Crippen molar-refractivity contribution >= 4 is 11.8 Å². The monoisotopic (exact) mass is 316 g/mol. The molecule has 0 bridgehead atoms. The van der Waals surface area contributed by atoms with Gasteiger partial charge < -0.3 is 5.11 Å². The Morgan fingerprint density at radius 3 is 2.57 bits per heavy atom. The largest absolute Gasteiger partial charge is 0.481 e. The summed E-state index contributed by atoms with van der Waals surface area (Å²) in [5, 5.41) is 9.55. The molecule has 3 heteroatoms. The summed E-state index contributed by atoms with van der Waals surface area (Å²) in [6.45, 7) is 8.47. The predicted molar refractivity (Wildman–Crippen MR) is 89.9 cm³/mol. The molecule has 0 amide bonds. The van der Waals surface area contributed by atoms with Gasteiger partial charge in [-0.15, -0.1) is 0 Å². The molecular weight excluding hydrogens is 288 g/mol. The lowest BCUT2D eigenvalue weighted by Gasteiger charge is -2.61. The van der Waals surface area contributed by atoms with Crippen molar-refractivity contribution in [3.8, 4) is 0 Å². The Morgan fingerprint density at radius 2 is 2.00 bits per heavy atom. The van der Waals surface area contributed by atoms with Crippen LogP contribution in [0.1, 0.15) is 59.8 Å². The summed E-state index contributed by atoms with van der Waals surface area (Å²) in [6, 6.07) is 0. The smallest absolute Gasteiger partial charge is 0.303 e. The highest BCUT2D eigenvalue weighted by molar-refractivity contribution is 5.85. The van der Waals surface area contributed by atoms with Crippen molar-refractivity contribution in [1.29, 1.82) is 0 Å². The van der Waals surface area contributed by atoms with Gasteiger partial charge in [0.2, 0.25) is 0 Å². The molecule has 3 aliphatic rings. The second-order valence-corrected chi connectivity index (χ2v) is 8.73. The van der Waals surface area contributed by atoms with Gasteiger partial charge in [0, 0.05) is 23.7 Å². The van der Waals surface area contributed by atoms with Gasteiger partial charge in [0.25, 0.3) is 0 Å². The number of hydrogen-bond acceptors (Lipinski definition) is 2. The molecule has 0 aromatic rings. The molecule has 3 nitrogen and oxygen atoms in total. The van der Waals surface area contributed by atoms with Crippen LogP contribution in [-0.2, 0) is 9.59 Å². The molecule has 0 saturated heterocycles. The van der Waals surface area contributed by atoms with Gasteiger partial charge in [-0.3, -0.25) is 9.59 Å². The van der Waals surface area contributed by atoms with Crippen molar-refractivity contribution in [3.05, 3.63) is 23.8 Å².